The first kappa shape index (κ1) is 10.9. The fraction of sp³-hybridized carbons (Fsp3) is 0.0833. The maximum absolute atomic E-state index is 13.4. The van der Waals surface area contributed by atoms with Crippen LogP contribution in [0.3, 0.4) is 0 Å². The summed E-state index contributed by atoms with van der Waals surface area (Å²) in [6.07, 6.45) is 0. The summed E-state index contributed by atoms with van der Waals surface area (Å²) in [6.45, 7) is 0. The van der Waals surface area contributed by atoms with Crippen LogP contribution in [0.2, 0.25) is 0 Å². The highest BCUT2D eigenvalue weighted by Gasteiger charge is 2.11. The molecule has 0 N–H and O–H groups in total. The van der Waals surface area contributed by atoms with E-state index in [0.29, 0.717) is 15.6 Å². The zero-order chi connectivity index (χ0) is 11.7. The lowest BCUT2D eigenvalue weighted by atomic mass is 10.0. The highest BCUT2D eigenvalue weighted by Crippen LogP contribution is 2.32. The number of fused-ring (bicyclic) bond motifs is 1. The molecule has 0 atom stereocenters. The van der Waals surface area contributed by atoms with Gasteiger partial charge in [-0.2, -0.15) is 5.26 Å². The molecular formula is C12H7BrFNO. The molecule has 0 spiro atoms. The summed E-state index contributed by atoms with van der Waals surface area (Å²) in [4.78, 5) is 0. The molecule has 0 saturated heterocycles. The lowest BCUT2D eigenvalue weighted by Gasteiger charge is -2.07. The van der Waals surface area contributed by atoms with Crippen LogP contribution in [0.4, 0.5) is 4.39 Å². The van der Waals surface area contributed by atoms with Gasteiger partial charge in [0.25, 0.3) is 0 Å². The maximum Gasteiger partial charge on any atom is 0.141 e. The van der Waals surface area contributed by atoms with Gasteiger partial charge in [-0.25, -0.2) is 4.39 Å². The van der Waals surface area contributed by atoms with E-state index in [4.69, 9.17) is 10.00 Å². The molecule has 80 valence electrons. The average molecular weight is 280 g/mol. The van der Waals surface area contributed by atoms with E-state index in [9.17, 15) is 4.39 Å². The third-order valence-electron chi connectivity index (χ3n) is 2.34. The number of benzene rings is 2. The van der Waals surface area contributed by atoms with Gasteiger partial charge in [0, 0.05) is 9.86 Å². The van der Waals surface area contributed by atoms with Crippen molar-refractivity contribution in [2.24, 2.45) is 0 Å². The predicted octanol–water partition coefficient (Wildman–Crippen LogP) is 3.62. The minimum absolute atomic E-state index is 0.0482. The predicted molar refractivity (Wildman–Crippen MR) is 62.9 cm³/mol. The monoisotopic (exact) mass is 279 g/mol. The summed E-state index contributed by atoms with van der Waals surface area (Å²) in [7, 11) is 1.56. The first-order valence-corrected chi connectivity index (χ1v) is 5.32. The van der Waals surface area contributed by atoms with E-state index >= 15 is 0 Å². The largest absolute Gasteiger partial charge is 0.497 e. The van der Waals surface area contributed by atoms with Crippen LogP contribution in [0.15, 0.2) is 28.7 Å². The molecule has 0 aliphatic rings. The van der Waals surface area contributed by atoms with E-state index in [1.54, 1.807) is 25.3 Å². The van der Waals surface area contributed by atoms with Crippen molar-refractivity contribution in [2.75, 3.05) is 7.11 Å². The number of nitriles is 1. The standard InChI is InChI=1S/C12H7BrFNO/c1-16-8-4-7-2-3-11(14)9(6-15)12(7)10(13)5-8/h2-5H,1H3. The second-order valence-corrected chi connectivity index (χ2v) is 4.10. The van der Waals surface area contributed by atoms with Crippen LogP contribution >= 0.6 is 15.9 Å². The molecule has 0 amide bonds. The molecule has 0 aromatic heterocycles. The molecule has 0 radical (unpaired) electrons. The van der Waals surface area contributed by atoms with E-state index in [1.807, 2.05) is 6.07 Å². The highest BCUT2D eigenvalue weighted by atomic mass is 79.9. The third-order valence-corrected chi connectivity index (χ3v) is 2.97. The molecule has 2 rings (SSSR count). The van der Waals surface area contributed by atoms with Gasteiger partial charge in [-0.1, -0.05) is 6.07 Å². The summed E-state index contributed by atoms with van der Waals surface area (Å²) in [5.74, 6) is 0.149. The zero-order valence-corrected chi connectivity index (χ0v) is 10.0. The molecule has 4 heteroatoms. The molecular weight excluding hydrogens is 273 g/mol. The Morgan fingerprint density at radius 1 is 1.38 bits per heavy atom. The summed E-state index contributed by atoms with van der Waals surface area (Å²) >= 11 is 3.32. The van der Waals surface area contributed by atoms with Crippen molar-refractivity contribution < 1.29 is 9.13 Å². The van der Waals surface area contributed by atoms with Crippen molar-refractivity contribution in [1.82, 2.24) is 0 Å². The van der Waals surface area contributed by atoms with E-state index < -0.39 is 5.82 Å². The van der Waals surface area contributed by atoms with Gasteiger partial charge < -0.3 is 4.74 Å². The van der Waals surface area contributed by atoms with Gasteiger partial charge in [-0.3, -0.25) is 0 Å². The van der Waals surface area contributed by atoms with E-state index in [-0.39, 0.29) is 5.56 Å². The Morgan fingerprint density at radius 3 is 2.75 bits per heavy atom. The average Bonchev–Trinajstić information content (AvgIpc) is 2.29. The van der Waals surface area contributed by atoms with Crippen molar-refractivity contribution in [3.63, 3.8) is 0 Å². The second-order valence-electron chi connectivity index (χ2n) is 3.24. The molecule has 16 heavy (non-hydrogen) atoms. The van der Waals surface area contributed by atoms with E-state index in [0.717, 1.165) is 5.39 Å². The number of nitrogens with zero attached hydrogens (tertiary/aromatic N) is 1. The van der Waals surface area contributed by atoms with Crippen LogP contribution in [-0.4, -0.2) is 7.11 Å². The molecule has 0 bridgehead atoms. The third kappa shape index (κ3) is 1.63. The molecule has 2 aromatic rings. The maximum atomic E-state index is 13.4. The van der Waals surface area contributed by atoms with Crippen LogP contribution in [0.5, 0.6) is 5.75 Å². The quantitative estimate of drug-likeness (QED) is 0.799. The Balaban J connectivity index is 2.90. The lowest BCUT2D eigenvalue weighted by molar-refractivity contribution is 0.415. The fourth-order valence-electron chi connectivity index (χ4n) is 1.59. The molecule has 0 heterocycles. The number of methoxy groups -OCH3 is 1. The van der Waals surface area contributed by atoms with Crippen LogP contribution < -0.4 is 4.74 Å². The molecule has 0 saturated carbocycles. The normalized spacial score (nSPS) is 10.1. The molecule has 0 fully saturated rings. The number of rotatable bonds is 1. The Kier molecular flexibility index (Phi) is 2.80. The van der Waals surface area contributed by atoms with Gasteiger partial charge >= 0.3 is 0 Å². The minimum Gasteiger partial charge on any atom is -0.497 e. The lowest BCUT2D eigenvalue weighted by Crippen LogP contribution is -1.89. The Bertz CT molecular complexity index is 604. The molecule has 0 unspecified atom stereocenters. The molecule has 0 aliphatic carbocycles. The number of hydrogen-bond acceptors (Lipinski definition) is 2. The first-order valence-electron chi connectivity index (χ1n) is 4.53. The summed E-state index contributed by atoms with van der Waals surface area (Å²) in [6, 6.07) is 8.25. The SMILES string of the molecule is COc1cc(Br)c2c(C#N)c(F)ccc2c1. The summed E-state index contributed by atoms with van der Waals surface area (Å²) in [5.41, 5.74) is 0.0482. The Morgan fingerprint density at radius 2 is 2.12 bits per heavy atom. The van der Waals surface area contributed by atoms with Crippen molar-refractivity contribution in [3.8, 4) is 11.8 Å². The first-order chi connectivity index (χ1) is 7.67. The van der Waals surface area contributed by atoms with Gasteiger partial charge in [-0.05, 0) is 39.5 Å². The van der Waals surface area contributed by atoms with Crippen molar-refractivity contribution >= 4 is 26.7 Å². The second kappa shape index (κ2) is 4.11. The van der Waals surface area contributed by atoms with E-state index in [2.05, 4.69) is 15.9 Å². The van der Waals surface area contributed by atoms with Gasteiger partial charge in [0.2, 0.25) is 0 Å². The zero-order valence-electron chi connectivity index (χ0n) is 8.42. The van der Waals surface area contributed by atoms with Gasteiger partial charge in [0.15, 0.2) is 0 Å². The number of halogens is 2. The molecule has 2 nitrogen and oxygen atoms in total. The smallest absolute Gasteiger partial charge is 0.141 e. The molecule has 0 aliphatic heterocycles. The van der Waals surface area contributed by atoms with Crippen LogP contribution in [-0.2, 0) is 0 Å². The highest BCUT2D eigenvalue weighted by molar-refractivity contribution is 9.10. The summed E-state index contributed by atoms with van der Waals surface area (Å²) in [5, 5.41) is 10.3. The topological polar surface area (TPSA) is 33.0 Å². The molecule has 2 aromatic carbocycles. The van der Waals surface area contributed by atoms with Crippen LogP contribution in [0.1, 0.15) is 5.56 Å². The minimum atomic E-state index is -0.513. The Labute approximate surface area is 100 Å². The summed E-state index contributed by atoms with van der Waals surface area (Å²) < 4.78 is 19.2. The van der Waals surface area contributed by atoms with Gasteiger partial charge in [0.05, 0.1) is 12.7 Å². The van der Waals surface area contributed by atoms with Crippen LogP contribution in [0, 0.1) is 17.1 Å². The van der Waals surface area contributed by atoms with Gasteiger partial charge in [-0.15, -0.1) is 0 Å². The van der Waals surface area contributed by atoms with Crippen molar-refractivity contribution in [3.05, 3.63) is 40.1 Å². The number of hydrogen-bond donors (Lipinski definition) is 0. The Hall–Kier alpha value is -1.60. The van der Waals surface area contributed by atoms with Gasteiger partial charge in [0.1, 0.15) is 17.6 Å². The fourth-order valence-corrected chi connectivity index (χ4v) is 2.24. The van der Waals surface area contributed by atoms with E-state index in [1.165, 1.54) is 6.07 Å². The van der Waals surface area contributed by atoms with Crippen LogP contribution in [0.25, 0.3) is 10.8 Å². The van der Waals surface area contributed by atoms with Crippen molar-refractivity contribution in [1.29, 1.82) is 5.26 Å². The van der Waals surface area contributed by atoms with Crippen molar-refractivity contribution in [2.45, 2.75) is 0 Å². The number of ether oxygens (including phenoxy) is 1.